The molecule has 0 bridgehead atoms. The third kappa shape index (κ3) is 4.14. The third-order valence-electron chi connectivity index (χ3n) is 4.28. The largest absolute Gasteiger partial charge is 0.865 e. The number of quaternary nitrogens is 1. The third-order valence-corrected chi connectivity index (χ3v) is 4.28. The maximum absolute atomic E-state index is 11.8. The molecular formula is C16H22N2O6. The average molecular weight is 338 g/mol. The minimum Gasteiger partial charge on any atom is -0.865 e. The number of nitrogens with zero attached hydrogens (tertiary/aromatic N) is 1. The fourth-order valence-electron chi connectivity index (χ4n) is 3.02. The number of methoxy groups -OCH3 is 1. The summed E-state index contributed by atoms with van der Waals surface area (Å²) < 4.78 is 10.00. The van der Waals surface area contributed by atoms with Crippen molar-refractivity contribution in [1.29, 1.82) is 0 Å². The first kappa shape index (κ1) is 18.0. The molecule has 0 amide bonds. The summed E-state index contributed by atoms with van der Waals surface area (Å²) in [7, 11) is 1.32. The molecule has 8 heteroatoms. The number of carbonyl (C=O) groups is 1. The Kier molecular flexibility index (Phi) is 5.97. The van der Waals surface area contributed by atoms with Crippen LogP contribution in [0.2, 0.25) is 0 Å². The van der Waals surface area contributed by atoms with E-state index in [2.05, 4.69) is 0 Å². The van der Waals surface area contributed by atoms with E-state index in [9.17, 15) is 20.0 Å². The van der Waals surface area contributed by atoms with Gasteiger partial charge in [0.05, 0.1) is 37.6 Å². The number of nitrogens with one attached hydrogen (secondary N) is 1. The second kappa shape index (κ2) is 7.96. The predicted octanol–water partition coefficient (Wildman–Crippen LogP) is 0.0350. The van der Waals surface area contributed by atoms with Crippen molar-refractivity contribution >= 4 is 11.7 Å². The molecule has 0 saturated carbocycles. The minimum absolute atomic E-state index is 0.0139. The van der Waals surface area contributed by atoms with Crippen LogP contribution in [0.5, 0.6) is 11.5 Å². The number of ether oxygens (including phenoxy) is 2. The van der Waals surface area contributed by atoms with Crippen LogP contribution in [0.3, 0.4) is 0 Å². The summed E-state index contributed by atoms with van der Waals surface area (Å²) in [5.41, 5.74) is 0.216. The van der Waals surface area contributed by atoms with Gasteiger partial charge < -0.3 is 19.5 Å². The molecule has 0 aliphatic carbocycles. The van der Waals surface area contributed by atoms with Crippen molar-refractivity contribution in [2.75, 3.05) is 26.8 Å². The van der Waals surface area contributed by atoms with Gasteiger partial charge in [-0.2, -0.15) is 0 Å². The van der Waals surface area contributed by atoms with Gasteiger partial charge in [-0.1, -0.05) is 0 Å². The summed E-state index contributed by atoms with van der Waals surface area (Å²) in [6, 6.07) is 2.87. The van der Waals surface area contributed by atoms with Crippen LogP contribution in [0.4, 0.5) is 5.69 Å². The van der Waals surface area contributed by atoms with E-state index in [-0.39, 0.29) is 17.6 Å². The Morgan fingerprint density at radius 1 is 1.38 bits per heavy atom. The van der Waals surface area contributed by atoms with Crippen molar-refractivity contribution in [2.45, 2.75) is 26.3 Å². The lowest BCUT2D eigenvalue weighted by Gasteiger charge is -2.28. The molecule has 1 aromatic carbocycles. The monoisotopic (exact) mass is 338 g/mol. The lowest BCUT2D eigenvalue weighted by Crippen LogP contribution is -3.11. The zero-order valence-corrected chi connectivity index (χ0v) is 13.9. The van der Waals surface area contributed by atoms with Crippen molar-refractivity contribution in [1.82, 2.24) is 0 Å². The Labute approximate surface area is 140 Å². The summed E-state index contributed by atoms with van der Waals surface area (Å²) in [5, 5.41) is 22.8. The van der Waals surface area contributed by atoms with Gasteiger partial charge in [-0.3, -0.25) is 14.9 Å². The number of likely N-dealkylation sites (tertiary alicyclic amines) is 1. The summed E-state index contributed by atoms with van der Waals surface area (Å²) in [4.78, 5) is 23.3. The van der Waals surface area contributed by atoms with E-state index < -0.39 is 16.4 Å². The van der Waals surface area contributed by atoms with E-state index in [4.69, 9.17) is 9.47 Å². The molecule has 2 rings (SSSR count). The quantitative estimate of drug-likeness (QED) is 0.446. The van der Waals surface area contributed by atoms with Gasteiger partial charge in [0.15, 0.2) is 0 Å². The number of nitro groups is 1. The van der Waals surface area contributed by atoms with Crippen molar-refractivity contribution in [3.05, 3.63) is 27.8 Å². The van der Waals surface area contributed by atoms with E-state index in [1.807, 2.05) is 0 Å². The number of rotatable bonds is 6. The zero-order chi connectivity index (χ0) is 17.7. The molecule has 1 fully saturated rings. The second-order valence-electron chi connectivity index (χ2n) is 5.86. The van der Waals surface area contributed by atoms with Crippen molar-refractivity contribution in [3.63, 3.8) is 0 Å². The number of carbonyl (C=O) groups excluding carboxylic acids is 1. The number of hydrogen-bond acceptors (Lipinski definition) is 6. The Bertz CT molecular complexity index is 611. The van der Waals surface area contributed by atoms with Crippen LogP contribution in [0.15, 0.2) is 12.1 Å². The van der Waals surface area contributed by atoms with Crippen LogP contribution in [0.1, 0.15) is 25.3 Å². The highest BCUT2D eigenvalue weighted by molar-refractivity contribution is 5.72. The molecule has 24 heavy (non-hydrogen) atoms. The number of hydrogen-bond donors (Lipinski definition) is 1. The van der Waals surface area contributed by atoms with Gasteiger partial charge in [-0.05, 0) is 13.0 Å². The summed E-state index contributed by atoms with van der Waals surface area (Å²) in [6.07, 6.45) is 1.46. The van der Waals surface area contributed by atoms with Gasteiger partial charge >= 0.3 is 5.97 Å². The molecule has 0 spiro atoms. The highest BCUT2D eigenvalue weighted by Crippen LogP contribution is 2.34. The summed E-state index contributed by atoms with van der Waals surface area (Å²) >= 11 is 0. The van der Waals surface area contributed by atoms with Crippen LogP contribution >= 0.6 is 0 Å². The lowest BCUT2D eigenvalue weighted by atomic mass is 9.96. The topological polar surface area (TPSA) is 106 Å². The Morgan fingerprint density at radius 2 is 2.04 bits per heavy atom. The standard InChI is InChI=1S/C16H22N2O6/c1-3-24-16(20)12-4-6-17(7-5-12)10-11-8-13(18(21)22)15(19)14(9-11)23-2/h8-9,12,19H,3-7,10H2,1-2H3. The Hall–Kier alpha value is -2.35. The lowest BCUT2D eigenvalue weighted by molar-refractivity contribution is -0.919. The van der Waals surface area contributed by atoms with E-state index in [1.54, 1.807) is 13.0 Å². The van der Waals surface area contributed by atoms with Crippen molar-refractivity contribution < 1.29 is 29.2 Å². The Balaban J connectivity index is 2.03. The molecule has 0 radical (unpaired) electrons. The fourth-order valence-corrected chi connectivity index (χ4v) is 3.02. The average Bonchev–Trinajstić information content (AvgIpc) is 2.56. The highest BCUT2D eigenvalue weighted by Gasteiger charge is 2.28. The van der Waals surface area contributed by atoms with Gasteiger partial charge in [-0.25, -0.2) is 0 Å². The molecule has 132 valence electrons. The number of piperidine rings is 1. The van der Waals surface area contributed by atoms with E-state index >= 15 is 0 Å². The molecule has 1 aliphatic heterocycles. The molecule has 1 saturated heterocycles. The van der Waals surface area contributed by atoms with E-state index in [0.717, 1.165) is 25.9 Å². The second-order valence-corrected chi connectivity index (χ2v) is 5.86. The normalized spacial score (nSPS) is 20.4. The molecule has 0 aromatic heterocycles. The van der Waals surface area contributed by atoms with Crippen LogP contribution in [-0.4, -0.2) is 37.7 Å². The maximum Gasteiger partial charge on any atom is 0.309 e. The molecule has 0 unspecified atom stereocenters. The molecule has 1 N–H and O–H groups in total. The summed E-state index contributed by atoms with van der Waals surface area (Å²) in [6.45, 7) is 4.28. The molecular weight excluding hydrogens is 316 g/mol. The minimum atomic E-state index is -0.706. The van der Waals surface area contributed by atoms with Gasteiger partial charge in [-0.15, -0.1) is 0 Å². The van der Waals surface area contributed by atoms with Crippen molar-refractivity contribution in [2.24, 2.45) is 5.92 Å². The highest BCUT2D eigenvalue weighted by atomic mass is 16.6. The van der Waals surface area contributed by atoms with Crippen LogP contribution in [-0.2, 0) is 16.1 Å². The van der Waals surface area contributed by atoms with Gasteiger partial charge in [0, 0.05) is 30.2 Å². The molecule has 1 aromatic rings. The first-order valence-corrected chi connectivity index (χ1v) is 7.98. The Morgan fingerprint density at radius 3 is 2.58 bits per heavy atom. The van der Waals surface area contributed by atoms with Crippen molar-refractivity contribution in [3.8, 4) is 11.5 Å². The first-order chi connectivity index (χ1) is 11.5. The fraction of sp³-hybridized carbons (Fsp3) is 0.562. The molecule has 1 aliphatic rings. The molecule has 0 atom stereocenters. The van der Waals surface area contributed by atoms with Gasteiger partial charge in [0.2, 0.25) is 0 Å². The number of nitro benzene ring substituents is 1. The van der Waals surface area contributed by atoms with E-state index in [0.29, 0.717) is 18.7 Å². The summed E-state index contributed by atoms with van der Waals surface area (Å²) in [5.74, 6) is -0.937. The predicted molar refractivity (Wildman–Crippen MR) is 82.9 cm³/mol. The number of esters is 1. The maximum atomic E-state index is 11.8. The smallest absolute Gasteiger partial charge is 0.309 e. The van der Waals surface area contributed by atoms with Crippen LogP contribution < -0.4 is 14.7 Å². The number of benzene rings is 1. The first-order valence-electron chi connectivity index (χ1n) is 7.98. The van der Waals surface area contributed by atoms with Crippen LogP contribution in [0, 0.1) is 16.0 Å². The zero-order valence-electron chi connectivity index (χ0n) is 13.9. The van der Waals surface area contributed by atoms with Gasteiger partial charge in [0.1, 0.15) is 12.3 Å². The van der Waals surface area contributed by atoms with E-state index in [1.165, 1.54) is 18.1 Å². The molecule has 8 nitrogen and oxygen atoms in total. The SMILES string of the molecule is CCOC(=O)C1CC[NH+](Cc2cc(OC)c([O-])c([N+](=O)[O-])c2)CC1. The van der Waals surface area contributed by atoms with Gasteiger partial charge in [0.25, 0.3) is 5.69 Å². The molecule has 1 heterocycles. The van der Waals surface area contributed by atoms with Crippen LogP contribution in [0.25, 0.3) is 0 Å².